The van der Waals surface area contributed by atoms with Gasteiger partial charge in [0.05, 0.1) is 19.3 Å². The zero-order chi connectivity index (χ0) is 41.7. The first kappa shape index (κ1) is 43.0. The molecule has 0 saturated carbocycles. The number of carboxylic acid groups (broad SMARTS) is 1. The standard InChI is InChI=1S/C43H55N7O9/c1-42(2,3)59-41(54)50(43(16-20-45-21-17-43)40-47-38(48-49-40)30-13-18-44-19-14-30)32-10-7-9-31(27-32)39(53)46-35-15-26-58-36-12-11-33(28-34(35)36)57-25-6-4-5-22-55-23-8-24-56-29-37(51)52/h7,9-14,18-19,27-28,35,45H,4-6,8,15-17,20-26,29H2,1-3H3,(H,46,53)(H,51,52)(H,47,48,49)/t35-/m0/s1. The Morgan fingerprint density at radius 1 is 0.932 bits per heavy atom. The van der Waals surface area contributed by atoms with Gasteiger partial charge in [0.2, 0.25) is 0 Å². The molecule has 1 atom stereocenters. The van der Waals surface area contributed by atoms with Crippen LogP contribution in [0.25, 0.3) is 11.4 Å². The second-order valence-corrected chi connectivity index (χ2v) is 15.6. The summed E-state index contributed by atoms with van der Waals surface area (Å²) in [6, 6.07) is 16.1. The molecule has 2 aromatic heterocycles. The lowest BCUT2D eigenvalue weighted by molar-refractivity contribution is -0.142. The fraction of sp³-hybridized carbons (Fsp3) is 0.488. The van der Waals surface area contributed by atoms with Crippen molar-refractivity contribution in [3.63, 3.8) is 0 Å². The minimum absolute atomic E-state index is 0.291. The summed E-state index contributed by atoms with van der Waals surface area (Å²) in [6.07, 6.45) is 7.71. The van der Waals surface area contributed by atoms with Crippen LogP contribution >= 0.6 is 0 Å². The number of anilines is 1. The number of rotatable bonds is 19. The van der Waals surface area contributed by atoms with Crippen LogP contribution in [0.15, 0.2) is 67.0 Å². The number of piperidine rings is 1. The Morgan fingerprint density at radius 3 is 2.47 bits per heavy atom. The second-order valence-electron chi connectivity index (χ2n) is 15.6. The van der Waals surface area contributed by atoms with E-state index in [-0.39, 0.29) is 18.6 Å². The number of nitrogens with zero attached hydrogens (tertiary/aromatic N) is 4. The molecular formula is C43H55N7O9. The van der Waals surface area contributed by atoms with Crippen LogP contribution in [0, 0.1) is 0 Å². The normalized spacial score (nSPS) is 16.0. The first-order chi connectivity index (χ1) is 28.5. The van der Waals surface area contributed by atoms with Gasteiger partial charge in [-0.15, -0.1) is 10.2 Å². The SMILES string of the molecule is CC(C)(C)OC(=O)N(c1cccc(C(=O)N[C@H]2CCOc3ccc(OCCCCCOCCCOCC(=O)O)cc32)c1)C1(c2nnc(-c3ccncc3)[nH]2)CCNCC1. The molecule has 1 saturated heterocycles. The molecule has 0 aliphatic carbocycles. The maximum atomic E-state index is 14.4. The van der Waals surface area contributed by atoms with Crippen molar-refractivity contribution < 1.29 is 43.2 Å². The average molecular weight is 814 g/mol. The molecule has 2 amide bonds. The molecule has 2 aliphatic rings. The summed E-state index contributed by atoms with van der Waals surface area (Å²) in [6.45, 7) is 8.89. The summed E-state index contributed by atoms with van der Waals surface area (Å²) < 4.78 is 28.7. The molecule has 0 spiro atoms. The number of carboxylic acids is 1. The first-order valence-electron chi connectivity index (χ1n) is 20.3. The van der Waals surface area contributed by atoms with Gasteiger partial charge in [-0.05, 0) is 121 Å². The van der Waals surface area contributed by atoms with E-state index in [1.54, 1.807) is 35.5 Å². The van der Waals surface area contributed by atoms with E-state index in [4.69, 9.17) is 28.8 Å². The molecule has 59 heavy (non-hydrogen) atoms. The molecule has 4 N–H and O–H groups in total. The molecule has 316 valence electrons. The molecule has 0 unspecified atom stereocenters. The van der Waals surface area contributed by atoms with E-state index in [9.17, 15) is 14.4 Å². The predicted octanol–water partition coefficient (Wildman–Crippen LogP) is 6.20. The summed E-state index contributed by atoms with van der Waals surface area (Å²) in [5.41, 5.74) is 0.761. The number of carbonyl (C=O) groups is 3. The van der Waals surface area contributed by atoms with Crippen LogP contribution in [0.5, 0.6) is 11.5 Å². The number of carbonyl (C=O) groups excluding carboxylic acids is 2. The van der Waals surface area contributed by atoms with E-state index >= 15 is 0 Å². The van der Waals surface area contributed by atoms with Crippen molar-refractivity contribution in [1.29, 1.82) is 0 Å². The number of aromatic nitrogens is 4. The van der Waals surface area contributed by atoms with Crippen molar-refractivity contribution in [2.24, 2.45) is 0 Å². The Morgan fingerprint density at radius 2 is 1.69 bits per heavy atom. The molecular weight excluding hydrogens is 759 g/mol. The molecule has 16 heteroatoms. The molecule has 4 heterocycles. The Balaban J connectivity index is 1.13. The van der Waals surface area contributed by atoms with Crippen LogP contribution in [0.4, 0.5) is 10.5 Å². The molecule has 0 radical (unpaired) electrons. The molecule has 0 bridgehead atoms. The summed E-state index contributed by atoms with van der Waals surface area (Å²) >= 11 is 0. The van der Waals surface area contributed by atoms with Gasteiger partial charge in [0.1, 0.15) is 29.2 Å². The highest BCUT2D eigenvalue weighted by molar-refractivity contribution is 5.97. The van der Waals surface area contributed by atoms with Gasteiger partial charge in [0.25, 0.3) is 5.91 Å². The van der Waals surface area contributed by atoms with Crippen molar-refractivity contribution in [3.05, 3.63) is 83.9 Å². The van der Waals surface area contributed by atoms with Crippen molar-refractivity contribution in [2.75, 3.05) is 57.6 Å². The van der Waals surface area contributed by atoms with Crippen molar-refractivity contribution in [2.45, 2.75) is 82.9 Å². The van der Waals surface area contributed by atoms with Crippen molar-refractivity contribution >= 4 is 23.7 Å². The number of hydrogen-bond donors (Lipinski definition) is 4. The highest BCUT2D eigenvalue weighted by Crippen LogP contribution is 2.41. The first-order valence-corrected chi connectivity index (χ1v) is 20.3. The maximum Gasteiger partial charge on any atom is 0.415 e. The smallest absolute Gasteiger partial charge is 0.415 e. The van der Waals surface area contributed by atoms with Crippen LogP contribution < -0.4 is 25.0 Å². The number of aliphatic carboxylic acids is 1. The third-order valence-electron chi connectivity index (χ3n) is 10.0. The van der Waals surface area contributed by atoms with Crippen molar-refractivity contribution in [1.82, 2.24) is 30.8 Å². The van der Waals surface area contributed by atoms with Gasteiger partial charge >= 0.3 is 12.1 Å². The van der Waals surface area contributed by atoms with Gasteiger partial charge in [-0.3, -0.25) is 14.7 Å². The molecule has 2 aliphatic heterocycles. The van der Waals surface area contributed by atoms with Gasteiger partial charge in [-0.25, -0.2) is 9.59 Å². The van der Waals surface area contributed by atoms with Crippen molar-refractivity contribution in [3.8, 4) is 22.9 Å². The number of ether oxygens (including phenoxy) is 5. The van der Waals surface area contributed by atoms with E-state index in [1.807, 2.05) is 57.2 Å². The predicted molar refractivity (Wildman–Crippen MR) is 219 cm³/mol. The van der Waals surface area contributed by atoms with Crippen LogP contribution in [0.3, 0.4) is 0 Å². The van der Waals surface area contributed by atoms with Crippen LogP contribution in [0.2, 0.25) is 0 Å². The topological polar surface area (TPSA) is 199 Å². The maximum absolute atomic E-state index is 14.4. The molecule has 16 nitrogen and oxygen atoms in total. The lowest BCUT2D eigenvalue weighted by Crippen LogP contribution is -2.56. The Bertz CT molecular complexity index is 2000. The number of hydrogen-bond acceptors (Lipinski definition) is 12. The summed E-state index contributed by atoms with van der Waals surface area (Å²) in [7, 11) is 0. The minimum atomic E-state index is -0.976. The zero-order valence-corrected chi connectivity index (χ0v) is 34.0. The van der Waals surface area contributed by atoms with Gasteiger partial charge in [0, 0.05) is 61.0 Å². The van der Waals surface area contributed by atoms with Gasteiger partial charge in [-0.2, -0.15) is 0 Å². The molecule has 4 aromatic rings. The zero-order valence-electron chi connectivity index (χ0n) is 34.0. The number of H-pyrrole nitrogens is 1. The van der Waals surface area contributed by atoms with E-state index in [0.717, 1.165) is 30.4 Å². The fourth-order valence-electron chi connectivity index (χ4n) is 7.19. The van der Waals surface area contributed by atoms with E-state index in [0.29, 0.717) is 106 Å². The van der Waals surface area contributed by atoms with Crippen LogP contribution in [-0.2, 0) is 24.5 Å². The largest absolute Gasteiger partial charge is 0.494 e. The highest BCUT2D eigenvalue weighted by Gasteiger charge is 2.48. The minimum Gasteiger partial charge on any atom is -0.494 e. The average Bonchev–Trinajstić information content (AvgIpc) is 3.73. The molecule has 1 fully saturated rings. The quantitative estimate of drug-likeness (QED) is 0.0782. The second kappa shape index (κ2) is 20.4. The lowest BCUT2D eigenvalue weighted by Gasteiger charge is -2.45. The number of nitrogens with one attached hydrogen (secondary N) is 3. The van der Waals surface area contributed by atoms with Gasteiger partial charge in [-0.1, -0.05) is 6.07 Å². The van der Waals surface area contributed by atoms with E-state index in [2.05, 4.69) is 30.8 Å². The van der Waals surface area contributed by atoms with E-state index in [1.165, 1.54) is 0 Å². The van der Waals surface area contributed by atoms with E-state index < -0.39 is 23.2 Å². The number of amides is 2. The Labute approximate surface area is 344 Å². The summed E-state index contributed by atoms with van der Waals surface area (Å²) in [5.74, 6) is 1.18. The molecule has 6 rings (SSSR count). The highest BCUT2D eigenvalue weighted by atomic mass is 16.6. The lowest BCUT2D eigenvalue weighted by atomic mass is 9.85. The third-order valence-corrected chi connectivity index (χ3v) is 10.0. The number of aromatic amines is 1. The third kappa shape index (κ3) is 11.8. The Kier molecular flexibility index (Phi) is 14.9. The van der Waals surface area contributed by atoms with Gasteiger partial charge in [0.15, 0.2) is 11.6 Å². The summed E-state index contributed by atoms with van der Waals surface area (Å²) in [4.78, 5) is 48.1. The van der Waals surface area contributed by atoms with Gasteiger partial charge < -0.3 is 44.4 Å². The number of pyridine rings is 1. The van der Waals surface area contributed by atoms with Crippen LogP contribution in [-0.4, -0.2) is 102 Å². The number of unbranched alkanes of at least 4 members (excludes halogenated alkanes) is 2. The number of benzene rings is 2. The summed E-state index contributed by atoms with van der Waals surface area (Å²) in [5, 5.41) is 24.3. The number of fused-ring (bicyclic) bond motifs is 1. The van der Waals surface area contributed by atoms with Crippen LogP contribution in [0.1, 0.15) is 93.5 Å². The Hall–Kier alpha value is -5.58. The molecule has 2 aromatic carbocycles. The fourth-order valence-corrected chi connectivity index (χ4v) is 7.19. The monoisotopic (exact) mass is 813 g/mol.